The Morgan fingerprint density at radius 2 is 2.00 bits per heavy atom. The van der Waals surface area contributed by atoms with Gasteiger partial charge in [0.15, 0.2) is 0 Å². The van der Waals surface area contributed by atoms with Crippen molar-refractivity contribution in [1.82, 2.24) is 4.90 Å². The van der Waals surface area contributed by atoms with Crippen LogP contribution in [-0.2, 0) is 4.74 Å². The lowest BCUT2D eigenvalue weighted by atomic mass is 10.2. The van der Waals surface area contributed by atoms with Gasteiger partial charge in [-0.2, -0.15) is 0 Å². The maximum atomic E-state index is 12.9. The summed E-state index contributed by atoms with van der Waals surface area (Å²) in [6.45, 7) is 9.23. The molecule has 1 heterocycles. The van der Waals surface area contributed by atoms with Crippen LogP contribution >= 0.6 is 0 Å². The van der Waals surface area contributed by atoms with Crippen LogP contribution in [0.4, 0.5) is 4.39 Å². The fourth-order valence-electron chi connectivity index (χ4n) is 1.51. The molecule has 0 unspecified atom stereocenters. The van der Waals surface area contributed by atoms with E-state index in [-0.39, 0.29) is 12.1 Å². The summed E-state index contributed by atoms with van der Waals surface area (Å²) >= 11 is 0. The molecule has 0 radical (unpaired) electrons. The molecule has 86 valence electrons. The van der Waals surface area contributed by atoms with Crippen molar-refractivity contribution in [1.29, 1.82) is 0 Å². The molecule has 0 aromatic heterocycles. The summed E-state index contributed by atoms with van der Waals surface area (Å²) in [4.78, 5) is 2.03. The van der Waals surface area contributed by atoms with E-state index < -0.39 is 6.17 Å². The smallest absolute Gasteiger partial charge is 0.114 e. The Kier molecular flexibility index (Phi) is 7.11. The first kappa shape index (κ1) is 13.8. The van der Waals surface area contributed by atoms with Crippen LogP contribution in [0.25, 0.3) is 0 Å². The highest BCUT2D eigenvalue weighted by Crippen LogP contribution is 2.18. The first-order valence-electron chi connectivity index (χ1n) is 5.55. The minimum atomic E-state index is -0.657. The molecule has 3 heteroatoms. The van der Waals surface area contributed by atoms with Crippen molar-refractivity contribution in [3.8, 4) is 0 Å². The van der Waals surface area contributed by atoms with Crippen LogP contribution in [0, 0.1) is 0 Å². The summed E-state index contributed by atoms with van der Waals surface area (Å²) in [5, 5.41) is 0. The summed E-state index contributed by atoms with van der Waals surface area (Å²) < 4.78 is 18.3. The fourth-order valence-corrected chi connectivity index (χ4v) is 1.51. The zero-order valence-electron chi connectivity index (χ0n) is 10.1. The molecule has 0 bridgehead atoms. The molecular formula is C11H24FNO. The van der Waals surface area contributed by atoms with Crippen molar-refractivity contribution in [3.05, 3.63) is 0 Å². The molecular weight excluding hydrogens is 181 g/mol. The van der Waals surface area contributed by atoms with Crippen molar-refractivity contribution in [3.63, 3.8) is 0 Å². The zero-order chi connectivity index (χ0) is 11.1. The van der Waals surface area contributed by atoms with Gasteiger partial charge in [0.05, 0.1) is 12.7 Å². The van der Waals surface area contributed by atoms with Crippen LogP contribution in [0.2, 0.25) is 0 Å². The molecule has 0 N–H and O–H groups in total. The van der Waals surface area contributed by atoms with Crippen molar-refractivity contribution < 1.29 is 9.13 Å². The van der Waals surface area contributed by atoms with E-state index in [0.29, 0.717) is 19.6 Å². The van der Waals surface area contributed by atoms with Crippen molar-refractivity contribution >= 4 is 0 Å². The number of rotatable bonds is 3. The molecule has 0 spiro atoms. The Labute approximate surface area is 87.4 Å². The van der Waals surface area contributed by atoms with E-state index >= 15 is 0 Å². The van der Waals surface area contributed by atoms with Crippen LogP contribution in [0.15, 0.2) is 0 Å². The molecule has 0 aromatic rings. The summed E-state index contributed by atoms with van der Waals surface area (Å²) in [7, 11) is 1.95. The van der Waals surface area contributed by atoms with Gasteiger partial charge in [0, 0.05) is 12.6 Å². The third-order valence-corrected chi connectivity index (χ3v) is 2.26. The van der Waals surface area contributed by atoms with Crippen molar-refractivity contribution in [2.24, 2.45) is 0 Å². The van der Waals surface area contributed by atoms with E-state index in [9.17, 15) is 4.39 Å². The largest absolute Gasteiger partial charge is 0.377 e. The highest BCUT2D eigenvalue weighted by Gasteiger charge is 2.29. The number of ether oxygens (including phenoxy) is 1. The lowest BCUT2D eigenvalue weighted by Crippen LogP contribution is -2.30. The normalized spacial score (nSPS) is 27.6. The topological polar surface area (TPSA) is 12.5 Å². The van der Waals surface area contributed by atoms with E-state index in [1.807, 2.05) is 39.6 Å². The molecule has 0 amide bonds. The molecule has 0 saturated carbocycles. The maximum Gasteiger partial charge on any atom is 0.114 e. The van der Waals surface area contributed by atoms with Gasteiger partial charge in [0.1, 0.15) is 6.17 Å². The van der Waals surface area contributed by atoms with Gasteiger partial charge in [-0.25, -0.2) is 4.39 Å². The SMILES string of the molecule is CC.CC(C)OC[C@@H]1C[C@@H](F)CN1C. The summed E-state index contributed by atoms with van der Waals surface area (Å²) in [5.74, 6) is 0. The number of alkyl halides is 1. The van der Waals surface area contributed by atoms with Crippen LogP contribution in [0.5, 0.6) is 0 Å². The molecule has 2 atom stereocenters. The third kappa shape index (κ3) is 4.91. The number of hydrogen-bond donors (Lipinski definition) is 0. The monoisotopic (exact) mass is 205 g/mol. The Morgan fingerprint density at radius 3 is 2.36 bits per heavy atom. The van der Waals surface area contributed by atoms with Gasteiger partial charge in [0.2, 0.25) is 0 Å². The molecule has 14 heavy (non-hydrogen) atoms. The minimum absolute atomic E-state index is 0.247. The number of likely N-dealkylation sites (tertiary alicyclic amines) is 1. The predicted molar refractivity (Wildman–Crippen MR) is 58.4 cm³/mol. The molecule has 1 rings (SSSR count). The second kappa shape index (κ2) is 7.18. The Bertz CT molecular complexity index is 141. The second-order valence-electron chi connectivity index (χ2n) is 3.81. The van der Waals surface area contributed by atoms with Gasteiger partial charge in [-0.3, -0.25) is 4.90 Å². The maximum absolute atomic E-state index is 12.9. The van der Waals surface area contributed by atoms with Gasteiger partial charge in [-0.05, 0) is 27.3 Å². The number of halogens is 1. The average Bonchev–Trinajstić information content (AvgIpc) is 2.45. The van der Waals surface area contributed by atoms with Gasteiger partial charge in [-0.15, -0.1) is 0 Å². The highest BCUT2D eigenvalue weighted by atomic mass is 19.1. The number of hydrogen-bond acceptors (Lipinski definition) is 2. The molecule has 1 saturated heterocycles. The van der Waals surface area contributed by atoms with Gasteiger partial charge >= 0.3 is 0 Å². The second-order valence-corrected chi connectivity index (χ2v) is 3.81. The molecule has 2 nitrogen and oxygen atoms in total. The Morgan fingerprint density at radius 1 is 1.43 bits per heavy atom. The van der Waals surface area contributed by atoms with Gasteiger partial charge in [-0.1, -0.05) is 13.8 Å². The van der Waals surface area contributed by atoms with Crippen molar-refractivity contribution in [2.75, 3.05) is 20.2 Å². The quantitative estimate of drug-likeness (QED) is 0.702. The summed E-state index contributed by atoms with van der Waals surface area (Å²) in [6.07, 6.45) is 0.219. The van der Waals surface area contributed by atoms with Crippen LogP contribution in [-0.4, -0.2) is 43.4 Å². The molecule has 1 aliphatic rings. The first-order valence-corrected chi connectivity index (χ1v) is 5.55. The molecule has 1 aliphatic heterocycles. The zero-order valence-corrected chi connectivity index (χ0v) is 10.1. The third-order valence-electron chi connectivity index (χ3n) is 2.26. The van der Waals surface area contributed by atoms with Crippen molar-refractivity contribution in [2.45, 2.75) is 52.4 Å². The van der Waals surface area contributed by atoms with Crippen LogP contribution < -0.4 is 0 Å². The minimum Gasteiger partial charge on any atom is -0.377 e. The Hall–Kier alpha value is -0.150. The van der Waals surface area contributed by atoms with E-state index in [4.69, 9.17) is 4.74 Å². The number of nitrogens with zero attached hydrogens (tertiary/aromatic N) is 1. The summed E-state index contributed by atoms with van der Waals surface area (Å²) in [6, 6.07) is 0.280. The van der Waals surface area contributed by atoms with Crippen LogP contribution in [0.1, 0.15) is 34.1 Å². The standard InChI is InChI=1S/C9H18FNO.C2H6/c1-7(2)12-6-9-4-8(10)5-11(9)3;1-2/h7-9H,4-6H2,1-3H3;1-2H3/t8-,9+;/m1./s1. The Balaban J connectivity index is 0.000000791. The molecule has 0 aliphatic carbocycles. The van der Waals surface area contributed by atoms with E-state index in [0.717, 1.165) is 0 Å². The fraction of sp³-hybridized carbons (Fsp3) is 1.00. The first-order chi connectivity index (χ1) is 6.59. The lowest BCUT2D eigenvalue weighted by molar-refractivity contribution is 0.0431. The predicted octanol–water partition coefficient (Wildman–Crippen LogP) is 2.48. The lowest BCUT2D eigenvalue weighted by Gasteiger charge is -2.19. The van der Waals surface area contributed by atoms with Gasteiger partial charge in [0.25, 0.3) is 0 Å². The average molecular weight is 205 g/mol. The van der Waals surface area contributed by atoms with Gasteiger partial charge < -0.3 is 4.74 Å². The number of likely N-dealkylation sites (N-methyl/N-ethyl adjacent to an activating group) is 1. The highest BCUT2D eigenvalue weighted by molar-refractivity contribution is 4.82. The molecule has 0 aromatic carbocycles. The molecule has 1 fully saturated rings. The van der Waals surface area contributed by atoms with E-state index in [1.54, 1.807) is 0 Å². The van der Waals surface area contributed by atoms with Crippen LogP contribution in [0.3, 0.4) is 0 Å². The summed E-state index contributed by atoms with van der Waals surface area (Å²) in [5.41, 5.74) is 0. The van der Waals surface area contributed by atoms with E-state index in [1.165, 1.54) is 0 Å². The van der Waals surface area contributed by atoms with E-state index in [2.05, 4.69) is 0 Å².